The highest BCUT2D eigenvalue weighted by Gasteiger charge is 2.32. The molecule has 0 aromatic heterocycles. The molecule has 3 N–H and O–H groups in total. The number of phenols is 1. The lowest BCUT2D eigenvalue weighted by Crippen LogP contribution is -2.45. The van der Waals surface area contributed by atoms with E-state index in [-0.39, 0.29) is 30.1 Å². The summed E-state index contributed by atoms with van der Waals surface area (Å²) in [6, 6.07) is 5.26. The molecule has 1 heterocycles. The number of allylic oxidation sites excluding steroid dienone is 1. The van der Waals surface area contributed by atoms with Gasteiger partial charge in [0, 0.05) is 5.70 Å². The van der Waals surface area contributed by atoms with Gasteiger partial charge < -0.3 is 25.2 Å². The van der Waals surface area contributed by atoms with Crippen LogP contribution in [0, 0.1) is 11.3 Å². The zero-order valence-corrected chi connectivity index (χ0v) is 14.0. The van der Waals surface area contributed by atoms with Crippen LogP contribution in [0.3, 0.4) is 0 Å². The van der Waals surface area contributed by atoms with Crippen molar-refractivity contribution in [2.75, 3.05) is 13.2 Å². The Morgan fingerprint density at radius 3 is 2.88 bits per heavy atom. The molecule has 2 amide bonds. The summed E-state index contributed by atoms with van der Waals surface area (Å²) in [6.07, 6.45) is 0.0796. The minimum absolute atomic E-state index is 0.0352. The van der Waals surface area contributed by atoms with E-state index in [4.69, 9.17) is 14.7 Å². The number of amides is 2. The van der Waals surface area contributed by atoms with Gasteiger partial charge >= 0.3 is 12.0 Å². The predicted molar refractivity (Wildman–Crippen MR) is 87.6 cm³/mol. The summed E-state index contributed by atoms with van der Waals surface area (Å²) in [5.41, 5.74) is 1.15. The first-order chi connectivity index (χ1) is 12.0. The molecule has 0 spiro atoms. The van der Waals surface area contributed by atoms with Gasteiger partial charge in [0.25, 0.3) is 0 Å². The molecule has 0 unspecified atom stereocenters. The second-order valence-corrected chi connectivity index (χ2v) is 5.27. The first-order valence-electron chi connectivity index (χ1n) is 7.76. The monoisotopic (exact) mass is 345 g/mol. The summed E-state index contributed by atoms with van der Waals surface area (Å²) in [4.78, 5) is 24.2. The standard InChI is InChI=1S/C17H19N3O5/c1-3-24-13-9-11(5-6-12(13)21)15-14(10(2)19-17(23)20-15)16(22)25-8-4-7-18/h5-6,9,15,21H,3-4,8H2,1-2H3,(H2,19,20,23)/t15-/m1/s1. The topological polar surface area (TPSA) is 121 Å². The molecule has 1 aliphatic rings. The number of aromatic hydroxyl groups is 1. The van der Waals surface area contributed by atoms with E-state index >= 15 is 0 Å². The molecule has 1 atom stereocenters. The first-order valence-corrected chi connectivity index (χ1v) is 7.76. The lowest BCUT2D eigenvalue weighted by Gasteiger charge is -2.28. The maximum Gasteiger partial charge on any atom is 0.338 e. The van der Waals surface area contributed by atoms with Crippen molar-refractivity contribution in [3.63, 3.8) is 0 Å². The number of urea groups is 1. The number of benzene rings is 1. The largest absolute Gasteiger partial charge is 0.504 e. The van der Waals surface area contributed by atoms with Crippen LogP contribution in [0.4, 0.5) is 4.79 Å². The van der Waals surface area contributed by atoms with Crippen LogP contribution in [0.5, 0.6) is 11.5 Å². The highest BCUT2D eigenvalue weighted by Crippen LogP contribution is 2.34. The molecule has 0 saturated heterocycles. The first kappa shape index (κ1) is 18.1. The normalized spacial score (nSPS) is 16.5. The molecule has 1 aromatic carbocycles. The third-order valence-corrected chi connectivity index (χ3v) is 3.55. The van der Waals surface area contributed by atoms with E-state index in [0.29, 0.717) is 17.9 Å². The minimum Gasteiger partial charge on any atom is -0.504 e. The molecule has 0 fully saturated rings. The number of nitrogens with one attached hydrogen (secondary N) is 2. The van der Waals surface area contributed by atoms with E-state index in [1.807, 2.05) is 6.07 Å². The Morgan fingerprint density at radius 1 is 1.44 bits per heavy atom. The van der Waals surface area contributed by atoms with E-state index in [0.717, 1.165) is 0 Å². The summed E-state index contributed by atoms with van der Waals surface area (Å²) in [5.74, 6) is -0.413. The number of hydrogen-bond donors (Lipinski definition) is 3. The summed E-state index contributed by atoms with van der Waals surface area (Å²) in [7, 11) is 0. The van der Waals surface area contributed by atoms with Gasteiger partial charge in [-0.15, -0.1) is 0 Å². The van der Waals surface area contributed by atoms with Crippen LogP contribution in [0.25, 0.3) is 0 Å². The van der Waals surface area contributed by atoms with Gasteiger partial charge in [-0.3, -0.25) is 0 Å². The van der Waals surface area contributed by atoms with E-state index in [2.05, 4.69) is 10.6 Å². The molecule has 2 rings (SSSR count). The molecule has 8 nitrogen and oxygen atoms in total. The van der Waals surface area contributed by atoms with Crippen molar-refractivity contribution in [2.45, 2.75) is 26.3 Å². The van der Waals surface area contributed by atoms with Crippen molar-refractivity contribution in [2.24, 2.45) is 0 Å². The minimum atomic E-state index is -0.761. The quantitative estimate of drug-likeness (QED) is 0.535. The van der Waals surface area contributed by atoms with Crippen LogP contribution >= 0.6 is 0 Å². The number of carbonyl (C=O) groups is 2. The van der Waals surface area contributed by atoms with Crippen LogP contribution in [0.1, 0.15) is 31.9 Å². The van der Waals surface area contributed by atoms with E-state index < -0.39 is 18.0 Å². The molecule has 0 radical (unpaired) electrons. The lowest BCUT2D eigenvalue weighted by atomic mass is 9.95. The number of esters is 1. The van der Waals surface area contributed by atoms with Crippen molar-refractivity contribution in [1.82, 2.24) is 10.6 Å². The second-order valence-electron chi connectivity index (χ2n) is 5.27. The van der Waals surface area contributed by atoms with Gasteiger partial charge in [0.15, 0.2) is 11.5 Å². The Bertz CT molecular complexity index is 751. The number of hydrogen-bond acceptors (Lipinski definition) is 6. The second kappa shape index (κ2) is 8.06. The molecule has 0 saturated carbocycles. The Balaban J connectivity index is 2.37. The van der Waals surface area contributed by atoms with Crippen molar-refractivity contribution in [3.8, 4) is 17.6 Å². The van der Waals surface area contributed by atoms with Crippen LogP contribution in [-0.4, -0.2) is 30.3 Å². The summed E-state index contributed by atoms with van der Waals surface area (Å²) < 4.78 is 10.4. The Kier molecular flexibility index (Phi) is 5.84. The summed E-state index contributed by atoms with van der Waals surface area (Å²) in [5, 5.41) is 23.6. The Hall–Kier alpha value is -3.21. The van der Waals surface area contributed by atoms with Crippen molar-refractivity contribution in [1.29, 1.82) is 5.26 Å². The number of nitriles is 1. The molecule has 0 aliphatic carbocycles. The average molecular weight is 345 g/mol. The molecule has 8 heteroatoms. The molecular formula is C17H19N3O5. The summed E-state index contributed by atoms with van der Waals surface area (Å²) >= 11 is 0. The van der Waals surface area contributed by atoms with Gasteiger partial charge in [0.2, 0.25) is 0 Å². The maximum absolute atomic E-state index is 12.4. The fourth-order valence-corrected chi connectivity index (χ4v) is 2.46. The SMILES string of the molecule is CCOc1cc([C@H]2NC(=O)NC(C)=C2C(=O)OCCC#N)ccc1O. The molecule has 1 aliphatic heterocycles. The molecule has 25 heavy (non-hydrogen) atoms. The van der Waals surface area contributed by atoms with Crippen molar-refractivity contribution >= 4 is 12.0 Å². The van der Waals surface area contributed by atoms with Gasteiger partial charge in [-0.2, -0.15) is 5.26 Å². The zero-order valence-electron chi connectivity index (χ0n) is 14.0. The van der Waals surface area contributed by atoms with Crippen LogP contribution in [-0.2, 0) is 9.53 Å². The highest BCUT2D eigenvalue weighted by molar-refractivity contribution is 5.95. The third kappa shape index (κ3) is 4.20. The average Bonchev–Trinajstić information content (AvgIpc) is 2.56. The summed E-state index contributed by atoms with van der Waals surface area (Å²) in [6.45, 7) is 3.69. The fourth-order valence-electron chi connectivity index (χ4n) is 2.46. The Morgan fingerprint density at radius 2 is 2.20 bits per heavy atom. The third-order valence-electron chi connectivity index (χ3n) is 3.55. The van der Waals surface area contributed by atoms with Crippen LogP contribution < -0.4 is 15.4 Å². The highest BCUT2D eigenvalue weighted by atomic mass is 16.5. The van der Waals surface area contributed by atoms with E-state index in [1.54, 1.807) is 26.0 Å². The number of phenolic OH excluding ortho intramolecular Hbond substituents is 1. The fraction of sp³-hybridized carbons (Fsp3) is 0.353. The van der Waals surface area contributed by atoms with Gasteiger partial charge in [-0.05, 0) is 31.5 Å². The molecule has 132 valence electrons. The van der Waals surface area contributed by atoms with Gasteiger partial charge in [0.1, 0.15) is 6.61 Å². The predicted octanol–water partition coefficient (Wildman–Crippen LogP) is 1.88. The van der Waals surface area contributed by atoms with E-state index in [1.165, 1.54) is 6.07 Å². The molecular weight excluding hydrogens is 326 g/mol. The zero-order chi connectivity index (χ0) is 18.4. The van der Waals surface area contributed by atoms with Gasteiger partial charge in [-0.1, -0.05) is 6.07 Å². The Labute approximate surface area is 145 Å². The van der Waals surface area contributed by atoms with Gasteiger partial charge in [-0.25, -0.2) is 9.59 Å². The number of nitrogens with zero attached hydrogens (tertiary/aromatic N) is 1. The number of ether oxygens (including phenoxy) is 2. The molecule has 1 aromatic rings. The van der Waals surface area contributed by atoms with Crippen molar-refractivity contribution < 1.29 is 24.2 Å². The van der Waals surface area contributed by atoms with Gasteiger partial charge in [0.05, 0.1) is 30.7 Å². The van der Waals surface area contributed by atoms with E-state index in [9.17, 15) is 14.7 Å². The lowest BCUT2D eigenvalue weighted by molar-refractivity contribution is -0.139. The number of rotatable bonds is 6. The van der Waals surface area contributed by atoms with Crippen molar-refractivity contribution in [3.05, 3.63) is 35.0 Å². The van der Waals surface area contributed by atoms with Crippen LogP contribution in [0.15, 0.2) is 29.5 Å². The molecule has 0 bridgehead atoms. The maximum atomic E-state index is 12.4. The van der Waals surface area contributed by atoms with Crippen LogP contribution in [0.2, 0.25) is 0 Å². The smallest absolute Gasteiger partial charge is 0.338 e. The number of carbonyl (C=O) groups excluding carboxylic acids is 2.